The normalized spacial score (nSPS) is 24.7. The zero-order chi connectivity index (χ0) is 33.4. The Morgan fingerprint density at radius 1 is 1.22 bits per heavy atom. The molecular weight excluding hydrogens is 667 g/mol. The van der Waals surface area contributed by atoms with Crippen molar-refractivity contribution in [3.8, 4) is 11.6 Å². The minimum absolute atomic E-state index is 0.0121. The molecule has 1 aromatic carbocycles. The average Bonchev–Trinajstić information content (AvgIpc) is 3.32. The molecule has 0 bridgehead atoms. The number of hydrogen-bond donors (Lipinski definition) is 2. The number of fused-ring (bicyclic) bond motifs is 4. The SMILES string of the molecule is CCCCOc1c(Br)c(C=O)c(F)c2c1C(=O)C1=C(O)[C@]3(O[Si](C)(C)C(C)(C)C)C(=O)c4c(O)noc4[C@@H](N(C)C)[C@@H]3C[C@@H]1C2. The van der Waals surface area contributed by atoms with Gasteiger partial charge in [-0.25, -0.2) is 4.39 Å². The molecule has 45 heavy (non-hydrogen) atoms. The van der Waals surface area contributed by atoms with Gasteiger partial charge < -0.3 is 23.9 Å². The molecule has 0 amide bonds. The van der Waals surface area contributed by atoms with E-state index in [2.05, 4.69) is 21.1 Å². The number of aldehydes is 1. The number of allylic oxidation sites excluding steroid dienone is 1. The standard InChI is InChI=1S/C32H40BrFN2O8Si/c1-9-10-11-42-26-20-16(23(34)17(14-37)22(26)33)12-15-13-18-24(36(5)6)27-21(30(41)35-43-27)29(40)32(18,28(39)19(15)25(20)38)44-45(7,8)31(2,3)4/h14-15,18,24,39H,9-13H2,1-8H3,(H,35,41)/t15-,18-,24-,32-/m0/s1. The topological polar surface area (TPSA) is 139 Å². The molecule has 244 valence electrons. The van der Waals surface area contributed by atoms with Gasteiger partial charge in [-0.3, -0.25) is 19.3 Å². The number of hydrogen-bond acceptors (Lipinski definition) is 10. The van der Waals surface area contributed by atoms with Gasteiger partial charge in [-0.2, -0.15) is 0 Å². The van der Waals surface area contributed by atoms with Crippen LogP contribution in [0, 0.1) is 17.7 Å². The van der Waals surface area contributed by atoms with Gasteiger partial charge in [-0.1, -0.05) is 34.1 Å². The average molecular weight is 708 g/mol. The van der Waals surface area contributed by atoms with Crippen molar-refractivity contribution >= 4 is 42.1 Å². The summed E-state index contributed by atoms with van der Waals surface area (Å²) >= 11 is 3.29. The highest BCUT2D eigenvalue weighted by Gasteiger charge is 2.67. The maximum atomic E-state index is 16.0. The van der Waals surface area contributed by atoms with Crippen molar-refractivity contribution in [2.24, 2.45) is 11.8 Å². The van der Waals surface area contributed by atoms with Gasteiger partial charge in [0.25, 0.3) is 5.88 Å². The van der Waals surface area contributed by atoms with E-state index in [0.717, 1.165) is 6.42 Å². The lowest BCUT2D eigenvalue weighted by Crippen LogP contribution is -2.65. The Balaban J connectivity index is 1.83. The molecule has 0 fully saturated rings. The van der Waals surface area contributed by atoms with Crippen LogP contribution in [-0.2, 0) is 10.8 Å². The quantitative estimate of drug-likeness (QED) is 0.173. The highest BCUT2D eigenvalue weighted by atomic mass is 79.9. The molecule has 4 atom stereocenters. The number of unbranched alkanes of at least 4 members (excludes halogenated alkanes) is 1. The van der Waals surface area contributed by atoms with Gasteiger partial charge in [0.15, 0.2) is 31.7 Å². The second-order valence-corrected chi connectivity index (χ2v) is 19.5. The number of rotatable bonds is 8. The van der Waals surface area contributed by atoms with Crippen LogP contribution >= 0.6 is 15.9 Å². The Hall–Kier alpha value is -2.87. The third-order valence-electron chi connectivity index (χ3n) is 10.0. The van der Waals surface area contributed by atoms with Gasteiger partial charge in [0, 0.05) is 17.1 Å². The molecular formula is C32H40BrFN2O8Si. The smallest absolute Gasteiger partial charge is 0.263 e. The van der Waals surface area contributed by atoms with Gasteiger partial charge in [-0.15, -0.1) is 0 Å². The van der Waals surface area contributed by atoms with Crippen molar-refractivity contribution in [2.45, 2.75) is 83.2 Å². The first-order chi connectivity index (χ1) is 21.0. The highest BCUT2D eigenvalue weighted by Crippen LogP contribution is 2.60. The zero-order valence-electron chi connectivity index (χ0n) is 26.8. The van der Waals surface area contributed by atoms with Crippen LogP contribution in [0.4, 0.5) is 4.39 Å². The summed E-state index contributed by atoms with van der Waals surface area (Å²) in [6, 6.07) is -0.704. The van der Waals surface area contributed by atoms with E-state index in [-0.39, 0.29) is 63.3 Å². The summed E-state index contributed by atoms with van der Waals surface area (Å²) in [5.41, 5.74) is -2.65. The summed E-state index contributed by atoms with van der Waals surface area (Å²) in [5, 5.41) is 26.4. The number of aliphatic hydroxyl groups is 1. The maximum Gasteiger partial charge on any atom is 0.263 e. The number of carbonyl (C=O) groups excluding carboxylic acids is 3. The minimum atomic E-state index is -2.90. The molecule has 0 saturated carbocycles. The van der Waals surface area contributed by atoms with E-state index in [1.54, 1.807) is 19.0 Å². The minimum Gasteiger partial charge on any atom is -0.508 e. The van der Waals surface area contributed by atoms with E-state index in [4.69, 9.17) is 13.7 Å². The fourth-order valence-electron chi connectivity index (χ4n) is 6.77. The molecule has 1 aromatic heterocycles. The number of aromatic nitrogens is 1. The predicted molar refractivity (Wildman–Crippen MR) is 169 cm³/mol. The Bertz CT molecular complexity index is 1630. The monoisotopic (exact) mass is 706 g/mol. The van der Waals surface area contributed by atoms with Crippen LogP contribution in [-0.4, -0.2) is 72.7 Å². The Morgan fingerprint density at radius 2 is 1.89 bits per heavy atom. The van der Waals surface area contributed by atoms with E-state index >= 15 is 4.39 Å². The number of aliphatic hydroxyl groups excluding tert-OH is 1. The van der Waals surface area contributed by atoms with Crippen LogP contribution in [0.1, 0.15) is 95.4 Å². The summed E-state index contributed by atoms with van der Waals surface area (Å²) < 4.78 is 34.4. The molecule has 2 N–H and O–H groups in total. The number of ketones is 2. The fraction of sp³-hybridized carbons (Fsp3) is 0.562. The molecule has 2 aromatic rings. The lowest BCUT2D eigenvalue weighted by molar-refractivity contribution is -0.0480. The van der Waals surface area contributed by atoms with Gasteiger partial charge in [0.1, 0.15) is 22.9 Å². The summed E-state index contributed by atoms with van der Waals surface area (Å²) in [5.74, 6) is -4.83. The van der Waals surface area contributed by atoms with Crippen molar-refractivity contribution < 1.29 is 42.7 Å². The highest BCUT2D eigenvalue weighted by molar-refractivity contribution is 9.10. The molecule has 13 heteroatoms. The van der Waals surface area contributed by atoms with Crippen molar-refractivity contribution in [2.75, 3.05) is 20.7 Å². The first kappa shape index (κ1) is 33.5. The van der Waals surface area contributed by atoms with Crippen molar-refractivity contribution in [1.82, 2.24) is 10.1 Å². The lowest BCUT2D eigenvalue weighted by Gasteiger charge is -2.55. The molecule has 0 radical (unpaired) electrons. The van der Waals surface area contributed by atoms with Crippen molar-refractivity contribution in [1.29, 1.82) is 0 Å². The second-order valence-electron chi connectivity index (χ2n) is 14.0. The van der Waals surface area contributed by atoms with Crippen LogP contribution < -0.4 is 4.74 Å². The number of ether oxygens (including phenoxy) is 1. The number of aromatic hydroxyl groups is 1. The van der Waals surface area contributed by atoms with Gasteiger partial charge >= 0.3 is 0 Å². The summed E-state index contributed by atoms with van der Waals surface area (Å²) in [4.78, 5) is 43.0. The van der Waals surface area contributed by atoms with E-state index < -0.39 is 65.9 Å². The largest absolute Gasteiger partial charge is 0.508 e. The first-order valence-corrected chi connectivity index (χ1v) is 18.9. The molecule has 0 unspecified atom stereocenters. The van der Waals surface area contributed by atoms with Crippen molar-refractivity contribution in [3.63, 3.8) is 0 Å². The van der Waals surface area contributed by atoms with Crippen LogP contribution in [0.15, 0.2) is 20.3 Å². The van der Waals surface area contributed by atoms with Crippen LogP contribution in [0.3, 0.4) is 0 Å². The van der Waals surface area contributed by atoms with Crippen LogP contribution in [0.25, 0.3) is 0 Å². The molecule has 3 aliphatic rings. The van der Waals surface area contributed by atoms with Crippen LogP contribution in [0.2, 0.25) is 18.1 Å². The summed E-state index contributed by atoms with van der Waals surface area (Å²) in [6.07, 6.45) is 1.94. The van der Waals surface area contributed by atoms with Crippen LogP contribution in [0.5, 0.6) is 11.6 Å². The lowest BCUT2D eigenvalue weighted by atomic mass is 9.58. The number of Topliss-reactive ketones (excluding diaryl/α,β-unsaturated/α-hetero) is 2. The van der Waals surface area contributed by atoms with Gasteiger partial charge in [0.2, 0.25) is 5.78 Å². The van der Waals surface area contributed by atoms with E-state index in [1.165, 1.54) is 0 Å². The first-order valence-electron chi connectivity index (χ1n) is 15.2. The summed E-state index contributed by atoms with van der Waals surface area (Å²) in [7, 11) is 0.642. The maximum absolute atomic E-state index is 16.0. The molecule has 0 spiro atoms. The fourth-order valence-corrected chi connectivity index (χ4v) is 8.80. The predicted octanol–water partition coefficient (Wildman–Crippen LogP) is 6.72. The third-order valence-corrected chi connectivity index (χ3v) is 15.3. The number of halogens is 2. The number of carbonyl (C=O) groups is 3. The number of benzene rings is 1. The summed E-state index contributed by atoms with van der Waals surface area (Å²) in [6.45, 7) is 12.0. The molecule has 0 saturated heterocycles. The zero-order valence-corrected chi connectivity index (χ0v) is 29.4. The van der Waals surface area contributed by atoms with E-state index in [0.29, 0.717) is 12.7 Å². The Morgan fingerprint density at radius 3 is 2.47 bits per heavy atom. The second kappa shape index (κ2) is 11.4. The van der Waals surface area contributed by atoms with Gasteiger partial charge in [0.05, 0.1) is 28.2 Å². The Labute approximate surface area is 271 Å². The third kappa shape index (κ3) is 4.83. The molecule has 1 heterocycles. The molecule has 3 aliphatic carbocycles. The molecule has 10 nitrogen and oxygen atoms in total. The van der Waals surface area contributed by atoms with Crippen molar-refractivity contribution in [3.05, 3.63) is 49.6 Å². The molecule has 5 rings (SSSR count). The Kier molecular flexibility index (Phi) is 8.50. The van der Waals surface area contributed by atoms with Gasteiger partial charge in [-0.05, 0) is 78.5 Å². The molecule has 0 aliphatic heterocycles. The number of nitrogens with zero attached hydrogens (tertiary/aromatic N) is 2. The van der Waals surface area contributed by atoms with E-state index in [9.17, 15) is 24.6 Å². The van der Waals surface area contributed by atoms with E-state index in [1.807, 2.05) is 40.8 Å².